The molecule has 0 aromatic heterocycles. The van der Waals surface area contributed by atoms with Crippen LogP contribution >= 0.6 is 0 Å². The molecule has 1 heterocycles. The van der Waals surface area contributed by atoms with Gasteiger partial charge in [-0.25, -0.2) is 0 Å². The van der Waals surface area contributed by atoms with Crippen LogP contribution in [0, 0.1) is 0 Å². The second kappa shape index (κ2) is 6.58. The molecule has 0 spiro atoms. The maximum Gasteiger partial charge on any atom is 0.241 e. The smallest absolute Gasteiger partial charge is 0.241 e. The summed E-state index contributed by atoms with van der Waals surface area (Å²) in [5.41, 5.74) is 7.03. The Morgan fingerprint density at radius 2 is 2.29 bits per heavy atom. The van der Waals surface area contributed by atoms with Gasteiger partial charge in [0.05, 0.1) is 18.8 Å². The topological polar surface area (TPSA) is 84.7 Å². The first-order valence-electron chi connectivity index (χ1n) is 7.11. The number of anilines is 2. The van der Waals surface area contributed by atoms with Crippen molar-refractivity contribution in [3.05, 3.63) is 18.2 Å². The highest BCUT2D eigenvalue weighted by Gasteiger charge is 2.24. The third-order valence-electron chi connectivity index (χ3n) is 3.59. The molecule has 1 aliphatic heterocycles. The summed E-state index contributed by atoms with van der Waals surface area (Å²) in [6.07, 6.45) is 1.99. The van der Waals surface area contributed by atoms with E-state index in [2.05, 4.69) is 5.32 Å². The Morgan fingerprint density at radius 3 is 2.86 bits per heavy atom. The van der Waals surface area contributed by atoms with Crippen LogP contribution in [0.1, 0.15) is 26.2 Å². The van der Waals surface area contributed by atoms with E-state index in [1.807, 2.05) is 6.92 Å². The summed E-state index contributed by atoms with van der Waals surface area (Å²) in [6, 6.07) is 4.72. The number of hydrogen-bond acceptors (Lipinski definition) is 4. The number of carbonyl (C=O) groups is 2. The maximum atomic E-state index is 11.8. The molecular formula is C15H21N3O3. The molecule has 0 saturated carbocycles. The molecule has 1 fully saturated rings. The van der Waals surface area contributed by atoms with E-state index in [1.165, 1.54) is 0 Å². The number of carbonyl (C=O) groups excluding carboxylic acids is 2. The molecule has 6 nitrogen and oxygen atoms in total. The molecule has 0 bridgehead atoms. The molecule has 114 valence electrons. The van der Waals surface area contributed by atoms with Crippen molar-refractivity contribution in [1.29, 1.82) is 0 Å². The highest BCUT2D eigenvalue weighted by Crippen LogP contribution is 2.33. The number of nitrogens with one attached hydrogen (secondary N) is 1. The summed E-state index contributed by atoms with van der Waals surface area (Å²) >= 11 is 0. The predicted molar refractivity (Wildman–Crippen MR) is 81.5 cm³/mol. The van der Waals surface area contributed by atoms with Gasteiger partial charge in [0.1, 0.15) is 5.75 Å². The zero-order valence-electron chi connectivity index (χ0n) is 12.4. The van der Waals surface area contributed by atoms with E-state index in [4.69, 9.17) is 10.5 Å². The highest BCUT2D eigenvalue weighted by molar-refractivity contribution is 5.98. The van der Waals surface area contributed by atoms with Gasteiger partial charge >= 0.3 is 0 Å². The van der Waals surface area contributed by atoms with E-state index in [1.54, 1.807) is 30.2 Å². The summed E-state index contributed by atoms with van der Waals surface area (Å²) in [4.78, 5) is 25.3. The summed E-state index contributed by atoms with van der Waals surface area (Å²) in [5.74, 6) is 0.427. The Morgan fingerprint density at radius 1 is 1.52 bits per heavy atom. The average molecular weight is 291 g/mol. The molecule has 6 heteroatoms. The van der Waals surface area contributed by atoms with Crippen LogP contribution in [0.15, 0.2) is 18.2 Å². The minimum atomic E-state index is -0.532. The lowest BCUT2D eigenvalue weighted by atomic mass is 10.2. The first-order valence-corrected chi connectivity index (χ1v) is 7.11. The second-order valence-electron chi connectivity index (χ2n) is 5.04. The second-order valence-corrected chi connectivity index (χ2v) is 5.04. The molecule has 1 saturated heterocycles. The zero-order valence-corrected chi connectivity index (χ0v) is 12.4. The Labute approximate surface area is 124 Å². The van der Waals surface area contributed by atoms with E-state index in [9.17, 15) is 9.59 Å². The quantitative estimate of drug-likeness (QED) is 0.861. The minimum absolute atomic E-state index is 0.0955. The molecule has 1 atom stereocenters. The van der Waals surface area contributed by atoms with Crippen molar-refractivity contribution in [3.63, 3.8) is 0 Å². The van der Waals surface area contributed by atoms with Gasteiger partial charge in [0, 0.05) is 24.7 Å². The van der Waals surface area contributed by atoms with E-state index in [0.29, 0.717) is 30.8 Å². The Balaban J connectivity index is 2.20. The minimum Gasteiger partial charge on any atom is -0.494 e. The third-order valence-corrected chi connectivity index (χ3v) is 3.59. The number of hydrogen-bond donors (Lipinski definition) is 2. The number of amides is 2. The molecular weight excluding hydrogens is 270 g/mol. The fraction of sp³-hybridized carbons (Fsp3) is 0.467. The molecule has 0 radical (unpaired) electrons. The third kappa shape index (κ3) is 3.33. The van der Waals surface area contributed by atoms with Gasteiger partial charge in [0.15, 0.2) is 0 Å². The van der Waals surface area contributed by atoms with Crippen molar-refractivity contribution in [2.75, 3.05) is 23.9 Å². The van der Waals surface area contributed by atoms with Crippen LogP contribution < -0.4 is 20.7 Å². The summed E-state index contributed by atoms with van der Waals surface area (Å²) in [5, 5.41) is 2.75. The van der Waals surface area contributed by atoms with E-state index < -0.39 is 6.04 Å². The van der Waals surface area contributed by atoms with Crippen LogP contribution in [0.2, 0.25) is 0 Å². The Kier molecular flexibility index (Phi) is 4.80. The fourth-order valence-electron chi connectivity index (χ4n) is 2.30. The number of ether oxygens (including phenoxy) is 1. The van der Waals surface area contributed by atoms with Crippen molar-refractivity contribution in [2.24, 2.45) is 5.73 Å². The van der Waals surface area contributed by atoms with Gasteiger partial charge in [-0.3, -0.25) is 9.59 Å². The van der Waals surface area contributed by atoms with Crippen molar-refractivity contribution in [2.45, 2.75) is 32.2 Å². The van der Waals surface area contributed by atoms with Crippen LogP contribution in [0.25, 0.3) is 0 Å². The lowest BCUT2D eigenvalue weighted by molar-refractivity contribution is -0.118. The lowest BCUT2D eigenvalue weighted by Gasteiger charge is -2.20. The van der Waals surface area contributed by atoms with Crippen molar-refractivity contribution < 1.29 is 14.3 Å². The first-order chi connectivity index (χ1) is 10.1. The van der Waals surface area contributed by atoms with Gasteiger partial charge in [-0.1, -0.05) is 6.92 Å². The fourth-order valence-corrected chi connectivity index (χ4v) is 2.30. The zero-order chi connectivity index (χ0) is 15.4. The van der Waals surface area contributed by atoms with Crippen LogP contribution in [0.5, 0.6) is 5.75 Å². The predicted octanol–water partition coefficient (Wildman–Crippen LogP) is 1.50. The van der Waals surface area contributed by atoms with Crippen LogP contribution in [0.4, 0.5) is 11.4 Å². The number of rotatable bonds is 5. The highest BCUT2D eigenvalue weighted by atomic mass is 16.5. The molecule has 0 aliphatic carbocycles. The van der Waals surface area contributed by atoms with Crippen molar-refractivity contribution in [1.82, 2.24) is 0 Å². The molecule has 2 amide bonds. The van der Waals surface area contributed by atoms with Crippen molar-refractivity contribution in [3.8, 4) is 5.75 Å². The maximum absolute atomic E-state index is 11.8. The largest absolute Gasteiger partial charge is 0.494 e. The van der Waals surface area contributed by atoms with Gasteiger partial charge in [0.2, 0.25) is 11.8 Å². The summed E-state index contributed by atoms with van der Waals surface area (Å²) < 4.78 is 5.34. The molecule has 1 aliphatic rings. The molecule has 21 heavy (non-hydrogen) atoms. The molecule has 1 aromatic carbocycles. The van der Waals surface area contributed by atoms with Crippen LogP contribution in [-0.4, -0.2) is 31.5 Å². The molecule has 3 N–H and O–H groups in total. The van der Waals surface area contributed by atoms with E-state index >= 15 is 0 Å². The lowest BCUT2D eigenvalue weighted by Crippen LogP contribution is -2.34. The van der Waals surface area contributed by atoms with E-state index in [-0.39, 0.29) is 11.8 Å². The number of methoxy groups -OCH3 is 1. The Bertz CT molecular complexity index is 545. The number of nitrogens with two attached hydrogens (primary N) is 1. The SMILES string of the molecule is CCC(N)C(=O)Nc1ccc(N2CCCC2=O)c(OC)c1. The molecule has 2 rings (SSSR count). The Hall–Kier alpha value is -2.08. The van der Waals surface area contributed by atoms with E-state index in [0.717, 1.165) is 12.1 Å². The monoisotopic (exact) mass is 291 g/mol. The van der Waals surface area contributed by atoms with Crippen molar-refractivity contribution >= 4 is 23.2 Å². The standard InChI is InChI=1S/C15H21N3O3/c1-3-11(16)15(20)17-10-6-7-12(13(9-10)21-2)18-8-4-5-14(18)19/h6-7,9,11H,3-5,8,16H2,1-2H3,(H,17,20). The molecule has 1 aromatic rings. The van der Waals surface area contributed by atoms with Crippen LogP contribution in [0.3, 0.4) is 0 Å². The van der Waals surface area contributed by atoms with Crippen LogP contribution in [-0.2, 0) is 9.59 Å². The first kappa shape index (κ1) is 15.3. The normalized spacial score (nSPS) is 16.0. The van der Waals surface area contributed by atoms with Gasteiger partial charge < -0.3 is 20.7 Å². The summed E-state index contributed by atoms with van der Waals surface area (Å²) in [6.45, 7) is 2.55. The summed E-state index contributed by atoms with van der Waals surface area (Å²) in [7, 11) is 1.54. The van der Waals surface area contributed by atoms with Gasteiger partial charge in [-0.15, -0.1) is 0 Å². The number of nitrogens with zero attached hydrogens (tertiary/aromatic N) is 1. The average Bonchev–Trinajstić information content (AvgIpc) is 2.92. The van der Waals surface area contributed by atoms with Gasteiger partial charge in [-0.05, 0) is 25.0 Å². The van der Waals surface area contributed by atoms with Gasteiger partial charge in [-0.2, -0.15) is 0 Å². The molecule has 1 unspecified atom stereocenters. The van der Waals surface area contributed by atoms with Gasteiger partial charge in [0.25, 0.3) is 0 Å². The number of benzene rings is 1.